The number of nitrogens with one attached hydrogen (secondary N) is 2. The molecule has 0 fully saturated rings. The van der Waals surface area contributed by atoms with Gasteiger partial charge in [-0.05, 0) is 49.2 Å². The first-order chi connectivity index (χ1) is 20.7. The van der Waals surface area contributed by atoms with Crippen molar-refractivity contribution in [2.45, 2.75) is 63.7 Å². The van der Waals surface area contributed by atoms with Gasteiger partial charge in [-0.15, -0.1) is 0 Å². The van der Waals surface area contributed by atoms with Crippen molar-refractivity contribution >= 4 is 63.6 Å². The number of aromatic amines is 2. The summed E-state index contributed by atoms with van der Waals surface area (Å²) in [5.41, 5.74) is 4.84. The lowest BCUT2D eigenvalue weighted by molar-refractivity contribution is 0.0602. The van der Waals surface area contributed by atoms with E-state index in [1.54, 1.807) is 17.0 Å². The zero-order valence-electron chi connectivity index (χ0n) is 26.7. The molecule has 2 aromatic heterocycles. The Hall–Kier alpha value is -3.48. The Morgan fingerprint density at radius 1 is 1.07 bits per heavy atom. The highest BCUT2D eigenvalue weighted by Crippen LogP contribution is 2.46. The van der Waals surface area contributed by atoms with Crippen LogP contribution in [0.2, 0.25) is 18.1 Å². The third kappa shape index (κ3) is 5.16. The number of aliphatic hydroxyl groups excluding tert-OH is 1. The lowest BCUT2D eigenvalue weighted by Gasteiger charge is -2.38. The number of methoxy groups -OCH3 is 3. The van der Waals surface area contributed by atoms with Crippen LogP contribution in [-0.2, 0) is 17.8 Å². The van der Waals surface area contributed by atoms with Crippen LogP contribution in [-0.4, -0.2) is 68.0 Å². The third-order valence-electron chi connectivity index (χ3n) is 8.93. The molecule has 236 valence electrons. The van der Waals surface area contributed by atoms with E-state index in [9.17, 15) is 14.7 Å². The van der Waals surface area contributed by atoms with Crippen LogP contribution in [0, 0.1) is 6.92 Å². The monoisotopic (exact) mass is 685 g/mol. The number of aliphatic hydroxyl groups is 1. The first kappa shape index (κ1) is 31.9. The van der Waals surface area contributed by atoms with Gasteiger partial charge in [0.25, 0.3) is 14.2 Å². The summed E-state index contributed by atoms with van der Waals surface area (Å²) >= 11 is 3.78. The lowest BCUT2D eigenvalue weighted by atomic mass is 9.94. The van der Waals surface area contributed by atoms with Gasteiger partial charge in [-0.1, -0.05) is 36.7 Å². The predicted molar refractivity (Wildman–Crippen MR) is 178 cm³/mol. The van der Waals surface area contributed by atoms with Crippen molar-refractivity contribution in [3.63, 3.8) is 0 Å². The molecule has 10 nitrogen and oxygen atoms in total. The van der Waals surface area contributed by atoms with Crippen molar-refractivity contribution in [2.75, 3.05) is 32.8 Å². The van der Waals surface area contributed by atoms with Crippen molar-refractivity contribution in [1.29, 1.82) is 0 Å². The summed E-state index contributed by atoms with van der Waals surface area (Å²) in [5.74, 6) is 0.696. The van der Waals surface area contributed by atoms with Gasteiger partial charge in [0.15, 0.2) is 11.5 Å². The third-order valence-corrected chi connectivity index (χ3v) is 13.9. The Bertz CT molecular complexity index is 1790. The molecular weight excluding hydrogens is 646 g/mol. The summed E-state index contributed by atoms with van der Waals surface area (Å²) in [4.78, 5) is 35.8. The summed E-state index contributed by atoms with van der Waals surface area (Å²) < 4.78 is 23.2. The number of carbonyl (C=O) groups excluding carboxylic acids is 2. The molecule has 3 N–H and O–H groups in total. The highest BCUT2D eigenvalue weighted by Gasteiger charge is 2.41. The van der Waals surface area contributed by atoms with E-state index in [1.165, 1.54) is 21.3 Å². The Kier molecular flexibility index (Phi) is 8.32. The number of aromatic nitrogens is 2. The molecule has 2 aromatic carbocycles. The van der Waals surface area contributed by atoms with Gasteiger partial charge in [-0.25, -0.2) is 4.79 Å². The van der Waals surface area contributed by atoms with Gasteiger partial charge < -0.3 is 38.6 Å². The van der Waals surface area contributed by atoms with Crippen LogP contribution in [0.4, 0.5) is 5.69 Å². The number of benzene rings is 2. The van der Waals surface area contributed by atoms with Gasteiger partial charge in [0, 0.05) is 39.5 Å². The highest BCUT2D eigenvalue weighted by atomic mass is 79.9. The number of alkyl halides is 1. The fraction of sp³-hybridized carbons (Fsp3) is 0.438. The minimum atomic E-state index is -2.33. The number of anilines is 1. The van der Waals surface area contributed by atoms with E-state index in [0.717, 1.165) is 11.1 Å². The Morgan fingerprint density at radius 2 is 1.75 bits per heavy atom. The zero-order valence-corrected chi connectivity index (χ0v) is 29.2. The maximum atomic E-state index is 14.4. The number of ether oxygens (including phenoxy) is 3. The fourth-order valence-electron chi connectivity index (χ4n) is 5.69. The van der Waals surface area contributed by atoms with Gasteiger partial charge >= 0.3 is 5.97 Å². The number of esters is 1. The van der Waals surface area contributed by atoms with E-state index < -0.39 is 14.3 Å². The van der Waals surface area contributed by atoms with Crippen LogP contribution in [0.5, 0.6) is 17.2 Å². The number of hydrogen-bond acceptors (Lipinski definition) is 7. The minimum absolute atomic E-state index is 0.0741. The molecular formula is C32H40BrN3O7Si. The number of amides is 1. The molecule has 0 saturated heterocycles. The standard InChI is InChI=1S/C32H40BrN3O7Si/c1-16-24(31(39)42-7)25-20-12-19(33)14-36(22(20)13-23(27(25)34-16)43-44(8,9)32(2,3)4)30(38)21-11-17-10-18(15-37)28(40-5)29(41-6)26(17)35-21/h10-11,13,19,34-35,37H,12,14-15H2,1-9H3. The Balaban J connectivity index is 1.74. The SMILES string of the molecule is COC(=O)c1c(C)[nH]c2c(O[Si](C)(C)C(C)(C)C)cc3c(c12)CC(Br)CN3C(=O)c1cc2cc(CO)c(OC)c(OC)c2[nH]1. The molecule has 12 heteroatoms. The van der Waals surface area contributed by atoms with Gasteiger partial charge in [-0.2, -0.15) is 0 Å². The normalized spacial score (nSPS) is 15.4. The smallest absolute Gasteiger partial charge is 0.340 e. The molecule has 0 radical (unpaired) electrons. The van der Waals surface area contributed by atoms with Crippen molar-refractivity contribution < 1.29 is 33.3 Å². The molecule has 44 heavy (non-hydrogen) atoms. The van der Waals surface area contributed by atoms with Gasteiger partial charge in [-0.3, -0.25) is 4.79 Å². The average Bonchev–Trinajstić information content (AvgIpc) is 3.55. The summed E-state index contributed by atoms with van der Waals surface area (Å²) in [5, 5.41) is 11.3. The molecule has 1 aliphatic heterocycles. The van der Waals surface area contributed by atoms with E-state index in [2.05, 4.69) is 59.8 Å². The number of nitrogens with zero attached hydrogens (tertiary/aromatic N) is 1. The van der Waals surface area contributed by atoms with E-state index in [0.29, 0.717) is 74.7 Å². The van der Waals surface area contributed by atoms with Crippen LogP contribution < -0.4 is 18.8 Å². The number of carbonyl (C=O) groups is 2. The molecule has 0 bridgehead atoms. The molecule has 0 saturated carbocycles. The maximum Gasteiger partial charge on any atom is 0.340 e. The quantitative estimate of drug-likeness (QED) is 0.114. The van der Waals surface area contributed by atoms with Gasteiger partial charge in [0.2, 0.25) is 0 Å². The number of halogens is 1. The predicted octanol–water partition coefficient (Wildman–Crippen LogP) is 6.60. The van der Waals surface area contributed by atoms with E-state index in [1.807, 2.05) is 13.0 Å². The maximum absolute atomic E-state index is 14.4. The summed E-state index contributed by atoms with van der Waals surface area (Å²) in [6.07, 6.45) is 0.592. The van der Waals surface area contributed by atoms with Crippen molar-refractivity contribution in [3.8, 4) is 17.2 Å². The average molecular weight is 687 g/mol. The van der Waals surface area contributed by atoms with Crippen molar-refractivity contribution in [2.24, 2.45) is 0 Å². The number of H-pyrrole nitrogens is 2. The van der Waals surface area contributed by atoms with Crippen LogP contribution in [0.3, 0.4) is 0 Å². The number of fused-ring (bicyclic) bond motifs is 4. The summed E-state index contributed by atoms with van der Waals surface area (Å²) in [6.45, 7) is 12.8. The number of hydrogen-bond donors (Lipinski definition) is 3. The number of rotatable bonds is 7. The Morgan fingerprint density at radius 3 is 2.34 bits per heavy atom. The Labute approximate surface area is 266 Å². The first-order valence-electron chi connectivity index (χ1n) is 14.5. The molecule has 1 atom stereocenters. The van der Waals surface area contributed by atoms with E-state index >= 15 is 0 Å². The minimum Gasteiger partial charge on any atom is -0.542 e. The highest BCUT2D eigenvalue weighted by molar-refractivity contribution is 9.09. The van der Waals surface area contributed by atoms with Crippen molar-refractivity contribution in [3.05, 3.63) is 46.3 Å². The molecule has 1 amide bonds. The molecule has 0 spiro atoms. The van der Waals surface area contributed by atoms with E-state index in [-0.39, 0.29) is 22.4 Å². The topological polar surface area (TPSA) is 126 Å². The molecule has 5 rings (SSSR count). The van der Waals surface area contributed by atoms with E-state index in [4.69, 9.17) is 18.6 Å². The van der Waals surface area contributed by atoms with Crippen LogP contribution >= 0.6 is 15.9 Å². The van der Waals surface area contributed by atoms with Crippen LogP contribution in [0.25, 0.3) is 21.8 Å². The summed E-state index contributed by atoms with van der Waals surface area (Å²) in [7, 11) is 2.06. The molecule has 3 heterocycles. The van der Waals surface area contributed by atoms with Crippen LogP contribution in [0.1, 0.15) is 58.4 Å². The second-order valence-corrected chi connectivity index (χ2v) is 18.7. The van der Waals surface area contributed by atoms with Gasteiger partial charge in [0.1, 0.15) is 11.4 Å². The largest absolute Gasteiger partial charge is 0.542 e. The molecule has 1 unspecified atom stereocenters. The lowest BCUT2D eigenvalue weighted by Crippen LogP contribution is -2.44. The second kappa shape index (κ2) is 11.5. The fourth-order valence-corrected chi connectivity index (χ4v) is 7.32. The first-order valence-corrected chi connectivity index (χ1v) is 18.3. The zero-order chi connectivity index (χ0) is 32.3. The van der Waals surface area contributed by atoms with Crippen LogP contribution in [0.15, 0.2) is 18.2 Å². The molecule has 1 aliphatic rings. The number of aryl methyl sites for hydroxylation is 1. The van der Waals surface area contributed by atoms with Gasteiger partial charge in [0.05, 0.1) is 50.2 Å². The second-order valence-electron chi connectivity index (χ2n) is 12.7. The van der Waals surface area contributed by atoms with Crippen molar-refractivity contribution in [1.82, 2.24) is 9.97 Å². The summed E-state index contributed by atoms with van der Waals surface area (Å²) in [6, 6.07) is 5.46. The molecule has 4 aromatic rings. The molecule has 0 aliphatic carbocycles.